The van der Waals surface area contributed by atoms with Crippen molar-refractivity contribution >= 4 is 29.6 Å². The second-order valence-electron chi connectivity index (χ2n) is 0.886. The molecule has 0 fully saturated rings. The van der Waals surface area contributed by atoms with Crippen molar-refractivity contribution in [3.05, 3.63) is 0 Å². The summed E-state index contributed by atoms with van der Waals surface area (Å²) >= 11 is 6.78. The average Bonchev–Trinajstić information content (AvgIpc) is 1.69. The van der Waals surface area contributed by atoms with Crippen LogP contribution in [0, 0.1) is 0 Å². The Labute approximate surface area is 52.4 Å². The van der Waals surface area contributed by atoms with Crippen LogP contribution in [0.4, 0.5) is 0 Å². The quantitative estimate of drug-likeness (QED) is 0.426. The molecule has 0 amide bonds. The maximum atomic E-state index is 9.49. The second kappa shape index (κ2) is 6.31. The van der Waals surface area contributed by atoms with Gasteiger partial charge in [0, 0.05) is 11.6 Å². The largest absolute Gasteiger partial charge is 0.290 e. The summed E-state index contributed by atoms with van der Waals surface area (Å²) in [7, 11) is 0. The third-order valence-electron chi connectivity index (χ3n) is 0.382. The maximum Gasteiger partial charge on any atom is 0.209 e. The van der Waals surface area contributed by atoms with Gasteiger partial charge >= 0.3 is 0 Å². The molecule has 0 aliphatic rings. The summed E-state index contributed by atoms with van der Waals surface area (Å²) in [5, 5.41) is 0. The molecule has 0 aromatic carbocycles. The normalized spacial score (nSPS) is 8.71. The summed E-state index contributed by atoms with van der Waals surface area (Å²) in [6, 6.07) is 0. The van der Waals surface area contributed by atoms with Gasteiger partial charge in [0.15, 0.2) is 0 Å². The van der Waals surface area contributed by atoms with Gasteiger partial charge in [0.2, 0.25) is 6.29 Å². The van der Waals surface area contributed by atoms with Gasteiger partial charge < -0.3 is 0 Å². The van der Waals surface area contributed by atoms with Gasteiger partial charge in [-0.1, -0.05) is 0 Å². The number of alkyl halides is 1. The Morgan fingerprint density at radius 3 is 2.86 bits per heavy atom. The van der Waals surface area contributed by atoms with Crippen LogP contribution in [-0.4, -0.2) is 23.7 Å². The summed E-state index contributed by atoms with van der Waals surface area (Å²) in [6.45, 7) is 0. The average molecular weight is 138 g/mol. The lowest BCUT2D eigenvalue weighted by molar-refractivity contribution is 0.560. The molecule has 0 N–H and O–H groups in total. The first-order valence-electron chi connectivity index (χ1n) is 1.90. The SMILES string of the molecule is O=[C]CSCCCl. The Hall–Kier alpha value is 0.310. The minimum atomic E-state index is 0.451. The molecular formula is C4H6ClOS. The first-order chi connectivity index (χ1) is 3.41. The molecule has 0 saturated carbocycles. The smallest absolute Gasteiger partial charge is 0.209 e. The molecule has 3 heteroatoms. The summed E-state index contributed by atoms with van der Waals surface area (Å²) in [4.78, 5) is 9.49. The van der Waals surface area contributed by atoms with E-state index < -0.39 is 0 Å². The number of rotatable bonds is 4. The minimum absolute atomic E-state index is 0.451. The Bertz CT molecular complexity index is 49.0. The molecule has 0 unspecified atom stereocenters. The number of hydrogen-bond donors (Lipinski definition) is 0. The fourth-order valence-electron chi connectivity index (χ4n) is 0.168. The van der Waals surface area contributed by atoms with Gasteiger partial charge in [-0.05, 0) is 0 Å². The van der Waals surface area contributed by atoms with Crippen molar-refractivity contribution in [1.82, 2.24) is 0 Å². The van der Waals surface area contributed by atoms with E-state index in [1.807, 2.05) is 0 Å². The van der Waals surface area contributed by atoms with Crippen molar-refractivity contribution < 1.29 is 4.79 Å². The predicted molar refractivity (Wildman–Crippen MR) is 33.7 cm³/mol. The van der Waals surface area contributed by atoms with E-state index in [2.05, 4.69) is 0 Å². The lowest BCUT2D eigenvalue weighted by Crippen LogP contribution is -1.82. The van der Waals surface area contributed by atoms with Crippen molar-refractivity contribution in [2.45, 2.75) is 0 Å². The van der Waals surface area contributed by atoms with Crippen LogP contribution in [0.25, 0.3) is 0 Å². The van der Waals surface area contributed by atoms with Crippen LogP contribution in [0.5, 0.6) is 0 Å². The molecule has 0 spiro atoms. The van der Waals surface area contributed by atoms with E-state index in [0.717, 1.165) is 5.75 Å². The van der Waals surface area contributed by atoms with Crippen LogP contribution < -0.4 is 0 Å². The van der Waals surface area contributed by atoms with Crippen molar-refractivity contribution in [3.8, 4) is 0 Å². The highest BCUT2D eigenvalue weighted by Crippen LogP contribution is 1.96. The Balaban J connectivity index is 2.56. The summed E-state index contributed by atoms with van der Waals surface area (Å²) in [5.74, 6) is 1.91. The highest BCUT2D eigenvalue weighted by atomic mass is 35.5. The van der Waals surface area contributed by atoms with Crippen LogP contribution in [0.2, 0.25) is 0 Å². The molecule has 0 aliphatic carbocycles. The minimum Gasteiger partial charge on any atom is -0.290 e. The number of carbonyl (C=O) groups excluding carboxylic acids is 1. The van der Waals surface area contributed by atoms with E-state index >= 15 is 0 Å². The number of halogens is 1. The summed E-state index contributed by atoms with van der Waals surface area (Å²) in [6.07, 6.45) is 1.76. The fourth-order valence-corrected chi connectivity index (χ4v) is 0.832. The zero-order chi connectivity index (χ0) is 5.54. The van der Waals surface area contributed by atoms with Crippen molar-refractivity contribution in [1.29, 1.82) is 0 Å². The summed E-state index contributed by atoms with van der Waals surface area (Å²) in [5.41, 5.74) is 0. The van der Waals surface area contributed by atoms with Gasteiger partial charge in [-0.2, -0.15) is 11.8 Å². The number of thioether (sulfide) groups is 1. The topological polar surface area (TPSA) is 17.1 Å². The third-order valence-corrected chi connectivity index (χ3v) is 1.61. The molecule has 41 valence electrons. The molecule has 0 rings (SSSR count). The molecule has 0 atom stereocenters. The van der Waals surface area contributed by atoms with E-state index in [4.69, 9.17) is 11.6 Å². The van der Waals surface area contributed by atoms with Gasteiger partial charge in [0.05, 0.1) is 5.75 Å². The molecule has 0 bridgehead atoms. The van der Waals surface area contributed by atoms with Gasteiger partial charge in [-0.3, -0.25) is 4.79 Å². The van der Waals surface area contributed by atoms with E-state index in [0.29, 0.717) is 11.6 Å². The van der Waals surface area contributed by atoms with Crippen LogP contribution in [0.3, 0.4) is 0 Å². The molecule has 1 nitrogen and oxygen atoms in total. The lowest BCUT2D eigenvalue weighted by atomic mass is 10.9. The monoisotopic (exact) mass is 137 g/mol. The van der Waals surface area contributed by atoms with Crippen LogP contribution in [-0.2, 0) is 4.79 Å². The maximum absolute atomic E-state index is 9.49. The molecular weight excluding hydrogens is 132 g/mol. The van der Waals surface area contributed by atoms with E-state index in [1.165, 1.54) is 11.8 Å². The third kappa shape index (κ3) is 6.31. The van der Waals surface area contributed by atoms with Crippen LogP contribution in [0.15, 0.2) is 0 Å². The standard InChI is InChI=1S/C4H6ClOS/c5-1-3-7-4-2-6/h1,3-4H2. The van der Waals surface area contributed by atoms with E-state index in [9.17, 15) is 4.79 Å². The second-order valence-corrected chi connectivity index (χ2v) is 2.37. The van der Waals surface area contributed by atoms with Crippen molar-refractivity contribution in [2.24, 2.45) is 0 Å². The van der Waals surface area contributed by atoms with Crippen molar-refractivity contribution in [3.63, 3.8) is 0 Å². The molecule has 0 heterocycles. The molecule has 1 radical (unpaired) electrons. The fraction of sp³-hybridized carbons (Fsp3) is 0.750. The van der Waals surface area contributed by atoms with E-state index in [-0.39, 0.29) is 0 Å². The zero-order valence-electron chi connectivity index (χ0n) is 3.82. The Morgan fingerprint density at radius 2 is 2.43 bits per heavy atom. The highest BCUT2D eigenvalue weighted by Gasteiger charge is 1.82. The van der Waals surface area contributed by atoms with Crippen LogP contribution in [0.1, 0.15) is 0 Å². The first kappa shape index (κ1) is 7.31. The molecule has 0 aromatic heterocycles. The molecule has 0 aromatic rings. The van der Waals surface area contributed by atoms with Crippen molar-refractivity contribution in [2.75, 3.05) is 17.4 Å². The van der Waals surface area contributed by atoms with E-state index in [1.54, 1.807) is 6.29 Å². The zero-order valence-corrected chi connectivity index (χ0v) is 5.39. The van der Waals surface area contributed by atoms with Crippen LogP contribution >= 0.6 is 23.4 Å². The Kier molecular flexibility index (Phi) is 6.59. The first-order valence-corrected chi connectivity index (χ1v) is 3.59. The number of hydrogen-bond acceptors (Lipinski definition) is 2. The molecule has 7 heavy (non-hydrogen) atoms. The predicted octanol–water partition coefficient (Wildman–Crippen LogP) is 1.07. The van der Waals surface area contributed by atoms with Gasteiger partial charge in [0.1, 0.15) is 0 Å². The highest BCUT2D eigenvalue weighted by molar-refractivity contribution is 7.99. The Morgan fingerprint density at radius 1 is 1.71 bits per heavy atom. The summed E-state index contributed by atoms with van der Waals surface area (Å²) < 4.78 is 0. The molecule has 0 saturated heterocycles. The molecule has 0 aliphatic heterocycles. The lowest BCUT2D eigenvalue weighted by Gasteiger charge is -1.84. The van der Waals surface area contributed by atoms with Gasteiger partial charge in [-0.15, -0.1) is 11.6 Å². The van der Waals surface area contributed by atoms with Gasteiger partial charge in [-0.25, -0.2) is 0 Å². The van der Waals surface area contributed by atoms with Gasteiger partial charge in [0.25, 0.3) is 0 Å².